The second-order valence-electron chi connectivity index (χ2n) is 9.65. The molecular formula is C29H35N3O6S2. The number of hydrogen-bond donors (Lipinski definition) is 1. The Kier molecular flexibility index (Phi) is 9.62. The molecule has 3 aromatic rings. The van der Waals surface area contributed by atoms with Gasteiger partial charge in [-0.2, -0.15) is 8.61 Å². The van der Waals surface area contributed by atoms with Gasteiger partial charge >= 0.3 is 0 Å². The van der Waals surface area contributed by atoms with E-state index in [2.05, 4.69) is 5.32 Å². The van der Waals surface area contributed by atoms with Crippen LogP contribution in [0.3, 0.4) is 0 Å². The maximum atomic E-state index is 13.7. The number of aryl methyl sites for hydroxylation is 1. The van der Waals surface area contributed by atoms with Crippen molar-refractivity contribution < 1.29 is 26.4 Å². The Bertz CT molecular complexity index is 1520. The standard InChI is InChI=1S/C29H35N3O6S2/c1-3-38-28-16-15-27(19-23(28)2)40(36,37)32(21-25-9-5-4-6-10-25)22-29(33)30-20-24-11-13-26(14-12-24)39(34,35)31-17-7-8-18-31/h4-6,9-16,19H,3,7-8,17-18,20-22H2,1-2H3,(H,30,33). The lowest BCUT2D eigenvalue weighted by atomic mass is 10.2. The van der Waals surface area contributed by atoms with Gasteiger partial charge in [-0.05, 0) is 73.7 Å². The number of amides is 1. The summed E-state index contributed by atoms with van der Waals surface area (Å²) in [6, 6.07) is 20.1. The van der Waals surface area contributed by atoms with E-state index < -0.39 is 26.0 Å². The maximum absolute atomic E-state index is 13.7. The molecule has 0 radical (unpaired) electrons. The van der Waals surface area contributed by atoms with Crippen molar-refractivity contribution in [2.75, 3.05) is 26.2 Å². The van der Waals surface area contributed by atoms with Gasteiger partial charge in [-0.15, -0.1) is 0 Å². The van der Waals surface area contributed by atoms with Crippen LogP contribution in [0.25, 0.3) is 0 Å². The molecule has 4 rings (SSSR count). The third kappa shape index (κ3) is 7.08. The highest BCUT2D eigenvalue weighted by Gasteiger charge is 2.28. The third-order valence-electron chi connectivity index (χ3n) is 6.72. The number of carbonyl (C=O) groups excluding carboxylic acids is 1. The highest BCUT2D eigenvalue weighted by Crippen LogP contribution is 2.25. The van der Waals surface area contributed by atoms with Gasteiger partial charge in [0.05, 0.1) is 22.9 Å². The van der Waals surface area contributed by atoms with Gasteiger partial charge in [-0.1, -0.05) is 42.5 Å². The second kappa shape index (κ2) is 12.9. The fraction of sp³-hybridized carbons (Fsp3) is 0.345. The fourth-order valence-corrected chi connectivity index (χ4v) is 7.52. The lowest BCUT2D eigenvalue weighted by molar-refractivity contribution is -0.121. The van der Waals surface area contributed by atoms with Crippen molar-refractivity contribution in [3.05, 3.63) is 89.5 Å². The summed E-state index contributed by atoms with van der Waals surface area (Å²) in [7, 11) is -7.54. The predicted octanol–water partition coefficient (Wildman–Crippen LogP) is 3.69. The fourth-order valence-electron chi connectivity index (χ4n) is 4.54. The molecule has 0 saturated carbocycles. The Morgan fingerprint density at radius 3 is 2.17 bits per heavy atom. The zero-order chi connectivity index (χ0) is 28.8. The average molecular weight is 586 g/mol. The Balaban J connectivity index is 1.47. The molecule has 0 unspecified atom stereocenters. The Morgan fingerprint density at radius 1 is 0.900 bits per heavy atom. The van der Waals surface area contributed by atoms with Gasteiger partial charge in [0.25, 0.3) is 0 Å². The molecule has 0 atom stereocenters. The van der Waals surface area contributed by atoms with Gasteiger partial charge in [0, 0.05) is 26.2 Å². The van der Waals surface area contributed by atoms with Gasteiger partial charge in [-0.25, -0.2) is 16.8 Å². The largest absolute Gasteiger partial charge is 0.494 e. The highest BCUT2D eigenvalue weighted by atomic mass is 32.2. The molecule has 0 aromatic heterocycles. The summed E-state index contributed by atoms with van der Waals surface area (Å²) in [6.07, 6.45) is 1.72. The van der Waals surface area contributed by atoms with Crippen molar-refractivity contribution in [1.82, 2.24) is 13.9 Å². The van der Waals surface area contributed by atoms with Gasteiger partial charge in [0.15, 0.2) is 0 Å². The summed E-state index contributed by atoms with van der Waals surface area (Å²) in [6.45, 7) is 4.91. The first kappa shape index (κ1) is 29.7. The first-order valence-corrected chi connectivity index (χ1v) is 16.1. The van der Waals surface area contributed by atoms with Gasteiger partial charge < -0.3 is 10.1 Å². The summed E-state index contributed by atoms with van der Waals surface area (Å²) < 4.78 is 61.0. The monoisotopic (exact) mass is 585 g/mol. The topological polar surface area (TPSA) is 113 Å². The van der Waals surface area contributed by atoms with Crippen LogP contribution >= 0.6 is 0 Å². The third-order valence-corrected chi connectivity index (χ3v) is 10.4. The number of nitrogens with one attached hydrogen (secondary N) is 1. The summed E-state index contributed by atoms with van der Waals surface area (Å²) in [5.74, 6) is 0.129. The zero-order valence-electron chi connectivity index (χ0n) is 22.7. The maximum Gasteiger partial charge on any atom is 0.243 e. The quantitative estimate of drug-likeness (QED) is 0.347. The van der Waals surface area contributed by atoms with Crippen molar-refractivity contribution in [2.24, 2.45) is 0 Å². The average Bonchev–Trinajstić information content (AvgIpc) is 3.50. The van der Waals surface area contributed by atoms with Crippen LogP contribution in [0.15, 0.2) is 82.6 Å². The minimum Gasteiger partial charge on any atom is -0.494 e. The molecule has 1 amide bonds. The summed E-state index contributed by atoms with van der Waals surface area (Å²) >= 11 is 0. The predicted molar refractivity (Wildman–Crippen MR) is 153 cm³/mol. The van der Waals surface area contributed by atoms with Gasteiger partial charge in [-0.3, -0.25) is 4.79 Å². The number of hydrogen-bond acceptors (Lipinski definition) is 6. The number of rotatable bonds is 12. The van der Waals surface area contributed by atoms with E-state index in [1.807, 2.05) is 37.3 Å². The van der Waals surface area contributed by atoms with Crippen LogP contribution in [0.2, 0.25) is 0 Å². The Hall–Kier alpha value is -3.25. The smallest absolute Gasteiger partial charge is 0.243 e. The lowest BCUT2D eigenvalue weighted by Gasteiger charge is -2.22. The van der Waals surface area contributed by atoms with Crippen molar-refractivity contribution in [2.45, 2.75) is 49.6 Å². The number of carbonyl (C=O) groups is 1. The van der Waals surface area contributed by atoms with Crippen molar-refractivity contribution in [1.29, 1.82) is 0 Å². The van der Waals surface area contributed by atoms with Crippen LogP contribution in [0.4, 0.5) is 0 Å². The zero-order valence-corrected chi connectivity index (χ0v) is 24.4. The molecule has 3 aromatic carbocycles. The molecule has 11 heteroatoms. The van der Waals surface area contributed by atoms with E-state index in [0.29, 0.717) is 36.6 Å². The Labute approximate surface area is 236 Å². The summed E-state index contributed by atoms with van der Waals surface area (Å²) in [4.78, 5) is 13.3. The molecule has 0 bridgehead atoms. The molecular weight excluding hydrogens is 550 g/mol. The van der Waals surface area contributed by atoms with Gasteiger partial charge in [0.2, 0.25) is 26.0 Å². The van der Waals surface area contributed by atoms with E-state index in [0.717, 1.165) is 22.7 Å². The van der Waals surface area contributed by atoms with Crippen molar-refractivity contribution in [3.63, 3.8) is 0 Å². The molecule has 1 aliphatic heterocycles. The molecule has 40 heavy (non-hydrogen) atoms. The molecule has 0 spiro atoms. The van der Waals surface area contributed by atoms with E-state index in [4.69, 9.17) is 4.74 Å². The van der Waals surface area contributed by atoms with Crippen LogP contribution in [0.5, 0.6) is 5.75 Å². The van der Waals surface area contributed by atoms with E-state index in [9.17, 15) is 21.6 Å². The van der Waals surface area contributed by atoms with Crippen LogP contribution in [-0.2, 0) is 37.9 Å². The Morgan fingerprint density at radius 2 is 1.55 bits per heavy atom. The minimum atomic E-state index is -4.02. The van der Waals surface area contributed by atoms with Crippen LogP contribution in [0, 0.1) is 6.92 Å². The van der Waals surface area contributed by atoms with E-state index >= 15 is 0 Å². The number of nitrogens with zero attached hydrogens (tertiary/aromatic N) is 2. The molecule has 9 nitrogen and oxygen atoms in total. The van der Waals surface area contributed by atoms with Crippen LogP contribution < -0.4 is 10.1 Å². The van der Waals surface area contributed by atoms with Crippen molar-refractivity contribution in [3.8, 4) is 5.75 Å². The molecule has 1 aliphatic rings. The summed E-state index contributed by atoms with van der Waals surface area (Å²) in [5, 5.41) is 2.76. The first-order chi connectivity index (χ1) is 19.1. The van der Waals surface area contributed by atoms with Crippen LogP contribution in [-0.4, -0.2) is 57.6 Å². The van der Waals surface area contributed by atoms with E-state index in [-0.39, 0.29) is 29.4 Å². The molecule has 1 saturated heterocycles. The van der Waals surface area contributed by atoms with E-state index in [1.54, 1.807) is 31.2 Å². The van der Waals surface area contributed by atoms with Crippen molar-refractivity contribution >= 4 is 26.0 Å². The normalized spacial score (nSPS) is 14.4. The molecule has 214 valence electrons. The van der Waals surface area contributed by atoms with Gasteiger partial charge in [0.1, 0.15) is 5.75 Å². The molecule has 0 aliphatic carbocycles. The lowest BCUT2D eigenvalue weighted by Crippen LogP contribution is -2.40. The molecule has 1 heterocycles. The second-order valence-corrected chi connectivity index (χ2v) is 13.5. The number of ether oxygens (including phenoxy) is 1. The highest BCUT2D eigenvalue weighted by molar-refractivity contribution is 7.89. The molecule has 1 fully saturated rings. The number of benzene rings is 3. The number of sulfonamides is 2. The minimum absolute atomic E-state index is 0.0198. The molecule has 1 N–H and O–H groups in total. The van der Waals surface area contributed by atoms with Crippen LogP contribution in [0.1, 0.15) is 36.5 Å². The summed E-state index contributed by atoms with van der Waals surface area (Å²) in [5.41, 5.74) is 2.13. The first-order valence-electron chi connectivity index (χ1n) is 13.2. The SMILES string of the molecule is CCOc1ccc(S(=O)(=O)N(CC(=O)NCc2ccc(S(=O)(=O)N3CCCC3)cc2)Cc2ccccc2)cc1C. The van der Waals surface area contributed by atoms with E-state index in [1.165, 1.54) is 22.5 Å².